The Kier molecular flexibility index (Phi) is 4.98. The van der Waals surface area contributed by atoms with E-state index < -0.39 is 0 Å². The number of amides is 1. The third-order valence-corrected chi connectivity index (χ3v) is 5.87. The average molecular weight is 360 g/mol. The van der Waals surface area contributed by atoms with Crippen molar-refractivity contribution in [1.29, 1.82) is 0 Å². The van der Waals surface area contributed by atoms with Gasteiger partial charge in [0.1, 0.15) is 5.82 Å². The number of thiazole rings is 1. The zero-order valence-corrected chi connectivity index (χ0v) is 15.1. The van der Waals surface area contributed by atoms with E-state index in [-0.39, 0.29) is 5.91 Å². The topological polar surface area (TPSA) is 66.3 Å². The van der Waals surface area contributed by atoms with Crippen molar-refractivity contribution >= 4 is 28.2 Å². The Bertz CT molecular complexity index is 686. The van der Waals surface area contributed by atoms with Gasteiger partial charge in [-0.15, -0.1) is 11.3 Å². The Morgan fingerprint density at radius 3 is 2.72 bits per heavy atom. The van der Waals surface area contributed by atoms with Crippen molar-refractivity contribution in [2.24, 2.45) is 0 Å². The second kappa shape index (κ2) is 7.53. The van der Waals surface area contributed by atoms with E-state index in [4.69, 9.17) is 0 Å². The van der Waals surface area contributed by atoms with Gasteiger partial charge in [0, 0.05) is 43.8 Å². The van der Waals surface area contributed by atoms with Gasteiger partial charge in [-0.3, -0.25) is 9.69 Å². The lowest BCUT2D eigenvalue weighted by molar-refractivity contribution is -0.117. The van der Waals surface area contributed by atoms with Crippen LogP contribution < -0.4 is 10.2 Å². The van der Waals surface area contributed by atoms with Crippen LogP contribution in [0.1, 0.15) is 31.7 Å². The molecule has 1 N–H and O–H groups in total. The fraction of sp³-hybridized carbons (Fsp3) is 0.588. The summed E-state index contributed by atoms with van der Waals surface area (Å²) in [5, 5.41) is 10.5. The van der Waals surface area contributed by atoms with E-state index in [1.807, 2.05) is 22.3 Å². The maximum Gasteiger partial charge on any atom is 0.239 e. The molecule has 1 saturated carbocycles. The summed E-state index contributed by atoms with van der Waals surface area (Å²) < 4.78 is 1.99. The first-order chi connectivity index (χ1) is 12.3. The van der Waals surface area contributed by atoms with Crippen LogP contribution in [0.3, 0.4) is 0 Å². The van der Waals surface area contributed by atoms with Crippen LogP contribution >= 0.6 is 11.3 Å². The van der Waals surface area contributed by atoms with Crippen LogP contribution in [0.2, 0.25) is 0 Å². The minimum atomic E-state index is 0.0439. The highest BCUT2D eigenvalue weighted by molar-refractivity contribution is 7.13. The van der Waals surface area contributed by atoms with Gasteiger partial charge in [-0.05, 0) is 12.8 Å². The molecule has 0 radical (unpaired) electrons. The predicted octanol–water partition coefficient (Wildman–Crippen LogP) is 2.22. The molecular formula is C17H24N6OS. The molecule has 2 aromatic heterocycles. The molecule has 134 valence electrons. The monoisotopic (exact) mass is 360 g/mol. The van der Waals surface area contributed by atoms with Gasteiger partial charge < -0.3 is 10.2 Å². The second-order valence-electron chi connectivity index (χ2n) is 6.73. The molecule has 4 rings (SSSR count). The SMILES string of the molecule is O=C(CN1CCN(c2nccs2)CC1)Nc1ccnn1C1CCCC1. The highest BCUT2D eigenvalue weighted by atomic mass is 32.1. The Morgan fingerprint density at radius 2 is 2.00 bits per heavy atom. The van der Waals surface area contributed by atoms with Gasteiger partial charge in [0.15, 0.2) is 5.13 Å². The largest absolute Gasteiger partial charge is 0.346 e. The van der Waals surface area contributed by atoms with Crippen LogP contribution in [0.15, 0.2) is 23.8 Å². The van der Waals surface area contributed by atoms with E-state index in [9.17, 15) is 4.79 Å². The fourth-order valence-corrected chi connectivity index (χ4v) is 4.40. The van der Waals surface area contributed by atoms with Crippen molar-refractivity contribution in [2.75, 3.05) is 42.9 Å². The normalized spacial score (nSPS) is 19.4. The summed E-state index contributed by atoms with van der Waals surface area (Å²) in [5.74, 6) is 0.876. The van der Waals surface area contributed by atoms with Crippen molar-refractivity contribution in [1.82, 2.24) is 19.7 Å². The number of hydrogen-bond acceptors (Lipinski definition) is 6. The first-order valence-electron chi connectivity index (χ1n) is 9.00. The number of anilines is 2. The van der Waals surface area contributed by atoms with Gasteiger partial charge in [0.2, 0.25) is 5.91 Å². The van der Waals surface area contributed by atoms with Crippen LogP contribution in [0.4, 0.5) is 10.9 Å². The number of nitrogens with one attached hydrogen (secondary N) is 1. The zero-order chi connectivity index (χ0) is 17.1. The summed E-state index contributed by atoms with van der Waals surface area (Å²) in [6.07, 6.45) is 8.43. The Hall–Kier alpha value is -1.93. The quantitative estimate of drug-likeness (QED) is 0.886. The highest BCUT2D eigenvalue weighted by Crippen LogP contribution is 2.31. The Morgan fingerprint density at radius 1 is 1.20 bits per heavy atom. The van der Waals surface area contributed by atoms with E-state index in [1.165, 1.54) is 12.8 Å². The minimum Gasteiger partial charge on any atom is -0.346 e. The van der Waals surface area contributed by atoms with Gasteiger partial charge in [-0.25, -0.2) is 9.67 Å². The van der Waals surface area contributed by atoms with Gasteiger partial charge in [0.25, 0.3) is 0 Å². The summed E-state index contributed by atoms with van der Waals surface area (Å²) in [6.45, 7) is 4.03. The molecule has 25 heavy (non-hydrogen) atoms. The van der Waals surface area contributed by atoms with E-state index in [0.29, 0.717) is 12.6 Å². The van der Waals surface area contributed by atoms with Crippen LogP contribution in [0.5, 0.6) is 0 Å². The Labute approximate surface area is 151 Å². The van der Waals surface area contributed by atoms with Gasteiger partial charge in [-0.2, -0.15) is 5.10 Å². The molecule has 0 bridgehead atoms. The number of hydrogen-bond donors (Lipinski definition) is 1. The van der Waals surface area contributed by atoms with Crippen LogP contribution in [-0.4, -0.2) is 58.3 Å². The fourth-order valence-electron chi connectivity index (χ4n) is 3.71. The number of aromatic nitrogens is 3. The zero-order valence-electron chi connectivity index (χ0n) is 14.3. The van der Waals surface area contributed by atoms with Crippen molar-refractivity contribution < 1.29 is 4.79 Å². The number of piperazine rings is 1. The maximum atomic E-state index is 12.4. The summed E-state index contributed by atoms with van der Waals surface area (Å²) in [4.78, 5) is 21.3. The molecule has 1 aliphatic heterocycles. The summed E-state index contributed by atoms with van der Waals surface area (Å²) in [6, 6.07) is 2.34. The molecule has 1 saturated heterocycles. The van der Waals surface area contributed by atoms with Crippen molar-refractivity contribution in [3.8, 4) is 0 Å². The second-order valence-corrected chi connectivity index (χ2v) is 7.60. The molecule has 7 nitrogen and oxygen atoms in total. The summed E-state index contributed by atoms with van der Waals surface area (Å²) >= 11 is 1.67. The third kappa shape index (κ3) is 3.85. The van der Waals surface area contributed by atoms with E-state index in [0.717, 1.165) is 50.0 Å². The van der Waals surface area contributed by atoms with E-state index in [2.05, 4.69) is 25.2 Å². The molecular weight excluding hydrogens is 336 g/mol. The predicted molar refractivity (Wildman–Crippen MR) is 99.1 cm³/mol. The van der Waals surface area contributed by atoms with Gasteiger partial charge >= 0.3 is 0 Å². The third-order valence-electron chi connectivity index (χ3n) is 5.04. The standard InChI is InChI=1S/C17H24N6OS/c24-16(20-15-5-6-19-23(15)14-3-1-2-4-14)13-21-8-10-22(11-9-21)17-18-7-12-25-17/h5-7,12,14H,1-4,8-11,13H2,(H,20,24). The number of carbonyl (C=O) groups is 1. The molecule has 1 amide bonds. The van der Waals surface area contributed by atoms with Gasteiger partial charge in [-0.1, -0.05) is 12.8 Å². The van der Waals surface area contributed by atoms with Crippen molar-refractivity contribution in [3.63, 3.8) is 0 Å². The lowest BCUT2D eigenvalue weighted by atomic mass is 10.2. The van der Waals surface area contributed by atoms with Crippen molar-refractivity contribution in [2.45, 2.75) is 31.7 Å². The number of carbonyl (C=O) groups excluding carboxylic acids is 1. The molecule has 8 heteroatoms. The summed E-state index contributed by atoms with van der Waals surface area (Å²) in [5.41, 5.74) is 0. The minimum absolute atomic E-state index is 0.0439. The van der Waals surface area contributed by atoms with E-state index in [1.54, 1.807) is 17.5 Å². The first kappa shape index (κ1) is 16.5. The molecule has 0 unspecified atom stereocenters. The molecule has 2 aliphatic rings. The Balaban J connectivity index is 1.28. The molecule has 0 atom stereocenters. The average Bonchev–Trinajstić information content (AvgIpc) is 3.37. The molecule has 1 aliphatic carbocycles. The van der Waals surface area contributed by atoms with E-state index >= 15 is 0 Å². The molecule has 2 aromatic rings. The highest BCUT2D eigenvalue weighted by Gasteiger charge is 2.23. The van der Waals surface area contributed by atoms with Crippen LogP contribution in [0.25, 0.3) is 0 Å². The lowest BCUT2D eigenvalue weighted by Crippen LogP contribution is -2.48. The number of nitrogens with zero attached hydrogens (tertiary/aromatic N) is 5. The van der Waals surface area contributed by atoms with Gasteiger partial charge in [0.05, 0.1) is 18.8 Å². The molecule has 3 heterocycles. The van der Waals surface area contributed by atoms with Crippen LogP contribution in [0, 0.1) is 0 Å². The van der Waals surface area contributed by atoms with Crippen molar-refractivity contribution in [3.05, 3.63) is 23.8 Å². The number of rotatable bonds is 5. The maximum absolute atomic E-state index is 12.4. The molecule has 2 fully saturated rings. The molecule has 0 spiro atoms. The molecule has 0 aromatic carbocycles. The summed E-state index contributed by atoms with van der Waals surface area (Å²) in [7, 11) is 0. The first-order valence-corrected chi connectivity index (χ1v) is 9.88. The smallest absolute Gasteiger partial charge is 0.239 e. The van der Waals surface area contributed by atoms with Crippen LogP contribution in [-0.2, 0) is 4.79 Å². The lowest BCUT2D eigenvalue weighted by Gasteiger charge is -2.34.